The fourth-order valence-electron chi connectivity index (χ4n) is 2.31. The summed E-state index contributed by atoms with van der Waals surface area (Å²) in [5.41, 5.74) is 1.43. The maximum atomic E-state index is 12.4. The first-order chi connectivity index (χ1) is 13.0. The van der Waals surface area contributed by atoms with E-state index in [2.05, 4.69) is 36.4 Å². The SMILES string of the molecule is COc1ccc(Cl)cc1-c1nc(SC(C)C(=O)Nc2cccc(Br)c2)n[nH]1. The number of amides is 1. The van der Waals surface area contributed by atoms with E-state index in [9.17, 15) is 4.79 Å². The molecule has 2 aromatic carbocycles. The smallest absolute Gasteiger partial charge is 0.237 e. The molecule has 0 spiro atoms. The normalized spacial score (nSPS) is 11.9. The van der Waals surface area contributed by atoms with Crippen LogP contribution in [0.3, 0.4) is 0 Å². The summed E-state index contributed by atoms with van der Waals surface area (Å²) in [7, 11) is 1.58. The molecule has 1 amide bonds. The van der Waals surface area contributed by atoms with E-state index in [1.54, 1.807) is 32.2 Å². The second-order valence-corrected chi connectivity index (χ2v) is 8.23. The Balaban J connectivity index is 1.70. The van der Waals surface area contributed by atoms with Gasteiger partial charge in [0.15, 0.2) is 5.82 Å². The third-order valence-corrected chi connectivity index (χ3v) is 5.31. The highest BCUT2D eigenvalue weighted by atomic mass is 79.9. The second-order valence-electron chi connectivity index (χ2n) is 5.57. The van der Waals surface area contributed by atoms with Gasteiger partial charge in [0.1, 0.15) is 5.75 Å². The van der Waals surface area contributed by atoms with Crippen molar-refractivity contribution in [1.82, 2.24) is 15.2 Å². The third-order valence-electron chi connectivity index (χ3n) is 3.63. The number of rotatable bonds is 6. The average molecular weight is 468 g/mol. The van der Waals surface area contributed by atoms with Gasteiger partial charge in [0.2, 0.25) is 11.1 Å². The Morgan fingerprint density at radius 1 is 1.33 bits per heavy atom. The number of H-pyrrole nitrogens is 1. The number of thioether (sulfide) groups is 1. The van der Waals surface area contributed by atoms with Gasteiger partial charge in [-0.05, 0) is 43.3 Å². The first kappa shape index (κ1) is 19.7. The monoisotopic (exact) mass is 466 g/mol. The van der Waals surface area contributed by atoms with Crippen molar-refractivity contribution >= 4 is 50.9 Å². The van der Waals surface area contributed by atoms with Crippen LogP contribution in [0, 0.1) is 0 Å². The highest BCUT2D eigenvalue weighted by Gasteiger charge is 2.19. The number of ether oxygens (including phenoxy) is 1. The van der Waals surface area contributed by atoms with Gasteiger partial charge in [0.05, 0.1) is 17.9 Å². The van der Waals surface area contributed by atoms with Crippen LogP contribution in [0.4, 0.5) is 5.69 Å². The van der Waals surface area contributed by atoms with Gasteiger partial charge in [-0.1, -0.05) is 45.4 Å². The quantitative estimate of drug-likeness (QED) is 0.498. The van der Waals surface area contributed by atoms with Crippen molar-refractivity contribution in [3.63, 3.8) is 0 Å². The van der Waals surface area contributed by atoms with Crippen LogP contribution in [-0.4, -0.2) is 33.4 Å². The van der Waals surface area contributed by atoms with Gasteiger partial charge < -0.3 is 10.1 Å². The second kappa shape index (κ2) is 8.77. The lowest BCUT2D eigenvalue weighted by Crippen LogP contribution is -2.22. The molecule has 0 fully saturated rings. The van der Waals surface area contributed by atoms with Gasteiger partial charge in [-0.3, -0.25) is 9.89 Å². The van der Waals surface area contributed by atoms with Crippen LogP contribution in [0.1, 0.15) is 6.92 Å². The van der Waals surface area contributed by atoms with Crippen molar-refractivity contribution in [3.8, 4) is 17.1 Å². The summed E-state index contributed by atoms with van der Waals surface area (Å²) in [6, 6.07) is 12.7. The Kier molecular flexibility index (Phi) is 6.41. The van der Waals surface area contributed by atoms with Gasteiger partial charge in [-0.15, -0.1) is 5.10 Å². The van der Waals surface area contributed by atoms with Gasteiger partial charge in [-0.25, -0.2) is 4.98 Å². The largest absolute Gasteiger partial charge is 0.496 e. The van der Waals surface area contributed by atoms with Crippen molar-refractivity contribution in [3.05, 3.63) is 52.0 Å². The molecule has 0 aliphatic carbocycles. The minimum absolute atomic E-state index is 0.134. The van der Waals surface area contributed by atoms with Gasteiger partial charge in [0.25, 0.3) is 0 Å². The van der Waals surface area contributed by atoms with Crippen molar-refractivity contribution in [2.45, 2.75) is 17.3 Å². The van der Waals surface area contributed by atoms with Gasteiger partial charge in [-0.2, -0.15) is 0 Å². The highest BCUT2D eigenvalue weighted by molar-refractivity contribution is 9.10. The molecule has 0 radical (unpaired) electrons. The molecular formula is C18H16BrClN4O2S. The van der Waals surface area contributed by atoms with Crippen LogP contribution in [-0.2, 0) is 4.79 Å². The van der Waals surface area contributed by atoms with Crippen molar-refractivity contribution in [2.75, 3.05) is 12.4 Å². The number of nitrogens with one attached hydrogen (secondary N) is 2. The maximum absolute atomic E-state index is 12.4. The summed E-state index contributed by atoms with van der Waals surface area (Å²) in [6.45, 7) is 1.80. The van der Waals surface area contributed by atoms with E-state index >= 15 is 0 Å². The van der Waals surface area contributed by atoms with Crippen LogP contribution in [0.2, 0.25) is 5.02 Å². The fraction of sp³-hybridized carbons (Fsp3) is 0.167. The lowest BCUT2D eigenvalue weighted by atomic mass is 10.2. The standard InChI is InChI=1S/C18H16BrClN4O2S/c1-10(17(25)21-13-5-3-4-11(19)8-13)27-18-22-16(23-24-18)14-9-12(20)6-7-15(14)26-2/h3-10H,1-2H3,(H,21,25)(H,22,23,24). The first-order valence-corrected chi connectivity index (χ1v) is 10.0. The molecule has 0 saturated heterocycles. The lowest BCUT2D eigenvalue weighted by molar-refractivity contribution is -0.115. The van der Waals surface area contributed by atoms with Crippen molar-refractivity contribution in [2.24, 2.45) is 0 Å². The predicted octanol–water partition coefficient (Wildman–Crippen LogP) is 5.02. The highest BCUT2D eigenvalue weighted by Crippen LogP contribution is 2.31. The Hall–Kier alpha value is -2.03. The number of aromatic nitrogens is 3. The predicted molar refractivity (Wildman–Crippen MR) is 111 cm³/mol. The Morgan fingerprint density at radius 3 is 2.89 bits per heavy atom. The summed E-state index contributed by atoms with van der Waals surface area (Å²) >= 11 is 10.7. The molecule has 27 heavy (non-hydrogen) atoms. The van der Waals surface area contributed by atoms with Crippen LogP contribution < -0.4 is 10.1 Å². The number of hydrogen-bond donors (Lipinski definition) is 2. The van der Waals surface area contributed by atoms with E-state index < -0.39 is 0 Å². The summed E-state index contributed by atoms with van der Waals surface area (Å²) in [6.07, 6.45) is 0. The molecule has 3 rings (SSSR count). The van der Waals surface area contributed by atoms with E-state index in [0.717, 1.165) is 10.2 Å². The summed E-state index contributed by atoms with van der Waals surface area (Å²) < 4.78 is 6.24. The molecule has 0 aliphatic rings. The number of aromatic amines is 1. The molecular weight excluding hydrogens is 452 g/mol. The molecule has 6 nitrogen and oxygen atoms in total. The summed E-state index contributed by atoms with van der Waals surface area (Å²) in [4.78, 5) is 16.8. The molecule has 1 unspecified atom stereocenters. The minimum Gasteiger partial charge on any atom is -0.496 e. The zero-order chi connectivity index (χ0) is 19.4. The number of carbonyl (C=O) groups excluding carboxylic acids is 1. The molecule has 0 saturated carbocycles. The van der Waals surface area contributed by atoms with Crippen molar-refractivity contribution in [1.29, 1.82) is 0 Å². The first-order valence-electron chi connectivity index (χ1n) is 7.95. The number of carbonyl (C=O) groups is 1. The van der Waals surface area contributed by atoms with E-state index in [4.69, 9.17) is 16.3 Å². The molecule has 3 aromatic rings. The van der Waals surface area contributed by atoms with E-state index in [-0.39, 0.29) is 11.2 Å². The molecule has 1 atom stereocenters. The number of anilines is 1. The number of halogens is 2. The maximum Gasteiger partial charge on any atom is 0.237 e. The Labute approximate surface area is 174 Å². The Bertz CT molecular complexity index is 966. The van der Waals surface area contributed by atoms with Gasteiger partial charge >= 0.3 is 0 Å². The molecule has 1 heterocycles. The van der Waals surface area contributed by atoms with Crippen LogP contribution in [0.25, 0.3) is 11.4 Å². The Morgan fingerprint density at radius 2 is 2.15 bits per heavy atom. The molecule has 2 N–H and O–H groups in total. The third kappa shape index (κ3) is 5.03. The zero-order valence-electron chi connectivity index (χ0n) is 14.5. The molecule has 9 heteroatoms. The summed E-state index contributed by atoms with van der Waals surface area (Å²) in [5, 5.41) is 10.6. The zero-order valence-corrected chi connectivity index (χ0v) is 17.7. The van der Waals surface area contributed by atoms with E-state index in [1.807, 2.05) is 24.3 Å². The van der Waals surface area contributed by atoms with E-state index in [1.165, 1.54) is 11.8 Å². The minimum atomic E-state index is -0.381. The number of nitrogens with zero attached hydrogens (tertiary/aromatic N) is 2. The van der Waals surface area contributed by atoms with Crippen LogP contribution in [0.5, 0.6) is 5.75 Å². The van der Waals surface area contributed by atoms with Gasteiger partial charge in [0, 0.05) is 15.2 Å². The summed E-state index contributed by atoms with van der Waals surface area (Å²) in [5.74, 6) is 1.02. The van der Waals surface area contributed by atoms with Crippen molar-refractivity contribution < 1.29 is 9.53 Å². The lowest BCUT2D eigenvalue weighted by Gasteiger charge is -2.10. The molecule has 0 bridgehead atoms. The van der Waals surface area contributed by atoms with Crippen LogP contribution >= 0.6 is 39.3 Å². The number of benzene rings is 2. The molecule has 1 aromatic heterocycles. The number of hydrogen-bond acceptors (Lipinski definition) is 5. The molecule has 0 aliphatic heterocycles. The van der Waals surface area contributed by atoms with E-state index in [0.29, 0.717) is 27.3 Å². The fourth-order valence-corrected chi connectivity index (χ4v) is 3.60. The number of methoxy groups -OCH3 is 1. The van der Waals surface area contributed by atoms with Crippen LogP contribution in [0.15, 0.2) is 52.1 Å². The average Bonchev–Trinajstić information content (AvgIpc) is 3.10. The topological polar surface area (TPSA) is 79.9 Å². The molecule has 140 valence electrons.